The van der Waals surface area contributed by atoms with Crippen LogP contribution in [-0.4, -0.2) is 22.9 Å². The Balaban J connectivity index is 1.58. The molecule has 0 amide bonds. The summed E-state index contributed by atoms with van der Waals surface area (Å²) in [5.74, 6) is 0.679. The van der Waals surface area contributed by atoms with Crippen LogP contribution in [0.15, 0.2) is 36.5 Å². The summed E-state index contributed by atoms with van der Waals surface area (Å²) >= 11 is 5.86. The third-order valence-corrected chi connectivity index (χ3v) is 3.82. The van der Waals surface area contributed by atoms with Crippen molar-refractivity contribution in [2.24, 2.45) is 0 Å². The van der Waals surface area contributed by atoms with Gasteiger partial charge in [0.05, 0.1) is 6.04 Å². The van der Waals surface area contributed by atoms with Crippen LogP contribution in [0, 0.1) is 0 Å². The van der Waals surface area contributed by atoms with Crippen molar-refractivity contribution in [1.82, 2.24) is 15.1 Å². The molecule has 0 spiro atoms. The molecule has 1 aliphatic heterocycles. The summed E-state index contributed by atoms with van der Waals surface area (Å²) in [7, 11) is 0. The predicted molar refractivity (Wildman–Crippen MR) is 79.2 cm³/mol. The first-order valence-corrected chi connectivity index (χ1v) is 7.32. The van der Waals surface area contributed by atoms with Gasteiger partial charge in [0, 0.05) is 17.3 Å². The maximum atomic E-state index is 5.86. The van der Waals surface area contributed by atoms with Gasteiger partial charge in [0.1, 0.15) is 6.61 Å². The number of benzene rings is 1. The zero-order valence-electron chi connectivity index (χ0n) is 11.3. The smallest absolute Gasteiger partial charge is 0.233 e. The van der Waals surface area contributed by atoms with Crippen molar-refractivity contribution in [3.63, 3.8) is 0 Å². The SMILES string of the molecule is Clc1ccc(COc2ccn(C3CCNCC3)n2)cc1. The highest BCUT2D eigenvalue weighted by Gasteiger charge is 2.15. The highest BCUT2D eigenvalue weighted by atomic mass is 35.5. The van der Waals surface area contributed by atoms with Gasteiger partial charge in [0.2, 0.25) is 5.88 Å². The molecule has 1 aromatic carbocycles. The maximum Gasteiger partial charge on any atom is 0.233 e. The number of ether oxygens (including phenoxy) is 1. The molecule has 0 atom stereocenters. The van der Waals surface area contributed by atoms with Crippen LogP contribution in [0.1, 0.15) is 24.4 Å². The van der Waals surface area contributed by atoms with E-state index in [1.165, 1.54) is 0 Å². The largest absolute Gasteiger partial charge is 0.472 e. The summed E-state index contributed by atoms with van der Waals surface area (Å²) in [6.45, 7) is 2.64. The number of hydrogen-bond acceptors (Lipinski definition) is 3. The molecule has 4 nitrogen and oxygen atoms in total. The number of rotatable bonds is 4. The van der Waals surface area contributed by atoms with Crippen molar-refractivity contribution < 1.29 is 4.74 Å². The Morgan fingerprint density at radius 1 is 1.20 bits per heavy atom. The Morgan fingerprint density at radius 3 is 2.70 bits per heavy atom. The van der Waals surface area contributed by atoms with Crippen LogP contribution in [0.3, 0.4) is 0 Å². The third kappa shape index (κ3) is 3.32. The summed E-state index contributed by atoms with van der Waals surface area (Å²) in [6.07, 6.45) is 4.25. The third-order valence-electron chi connectivity index (χ3n) is 3.57. The summed E-state index contributed by atoms with van der Waals surface area (Å²) in [5, 5.41) is 8.61. The highest BCUT2D eigenvalue weighted by Crippen LogP contribution is 2.20. The fraction of sp³-hybridized carbons (Fsp3) is 0.400. The van der Waals surface area contributed by atoms with E-state index in [1.807, 2.05) is 41.2 Å². The van der Waals surface area contributed by atoms with Gasteiger partial charge in [-0.3, -0.25) is 4.68 Å². The fourth-order valence-corrected chi connectivity index (χ4v) is 2.54. The fourth-order valence-electron chi connectivity index (χ4n) is 2.41. The Bertz CT molecular complexity index is 547. The van der Waals surface area contributed by atoms with Crippen LogP contribution in [-0.2, 0) is 6.61 Å². The second-order valence-corrected chi connectivity index (χ2v) is 5.47. The number of piperidine rings is 1. The quantitative estimate of drug-likeness (QED) is 0.941. The number of nitrogens with one attached hydrogen (secondary N) is 1. The van der Waals surface area contributed by atoms with E-state index in [2.05, 4.69) is 10.4 Å². The zero-order valence-corrected chi connectivity index (χ0v) is 12.0. The molecule has 0 unspecified atom stereocenters. The van der Waals surface area contributed by atoms with Gasteiger partial charge in [0.25, 0.3) is 0 Å². The van der Waals surface area contributed by atoms with Gasteiger partial charge in [-0.2, -0.15) is 0 Å². The number of nitrogens with zero attached hydrogens (tertiary/aromatic N) is 2. The van der Waals surface area contributed by atoms with Crippen molar-refractivity contribution in [1.29, 1.82) is 0 Å². The van der Waals surface area contributed by atoms with E-state index in [9.17, 15) is 0 Å². The summed E-state index contributed by atoms with van der Waals surface area (Å²) in [6, 6.07) is 10.1. The average molecular weight is 292 g/mol. The molecule has 5 heteroatoms. The monoisotopic (exact) mass is 291 g/mol. The minimum atomic E-state index is 0.490. The highest BCUT2D eigenvalue weighted by molar-refractivity contribution is 6.30. The van der Waals surface area contributed by atoms with Crippen molar-refractivity contribution in [2.45, 2.75) is 25.5 Å². The van der Waals surface area contributed by atoms with E-state index in [4.69, 9.17) is 16.3 Å². The summed E-state index contributed by atoms with van der Waals surface area (Å²) in [4.78, 5) is 0. The standard InChI is InChI=1S/C15H18ClN3O/c16-13-3-1-12(2-4-13)11-20-15-7-10-19(18-15)14-5-8-17-9-6-14/h1-4,7,10,14,17H,5-6,8-9,11H2. The van der Waals surface area contributed by atoms with Crippen molar-refractivity contribution in [3.8, 4) is 5.88 Å². The molecule has 1 saturated heterocycles. The lowest BCUT2D eigenvalue weighted by Gasteiger charge is -2.22. The minimum Gasteiger partial charge on any atom is -0.472 e. The lowest BCUT2D eigenvalue weighted by atomic mass is 10.1. The minimum absolute atomic E-state index is 0.490. The molecule has 0 radical (unpaired) electrons. The molecule has 0 saturated carbocycles. The van der Waals surface area contributed by atoms with Gasteiger partial charge in [-0.15, -0.1) is 5.10 Å². The molecule has 0 bridgehead atoms. The predicted octanol–water partition coefficient (Wildman–Crippen LogP) is 3.04. The van der Waals surface area contributed by atoms with Crippen LogP contribution in [0.5, 0.6) is 5.88 Å². The van der Waals surface area contributed by atoms with Crippen LogP contribution in [0.4, 0.5) is 0 Å². The van der Waals surface area contributed by atoms with Gasteiger partial charge in [-0.1, -0.05) is 23.7 Å². The van der Waals surface area contributed by atoms with Crippen molar-refractivity contribution in [2.75, 3.05) is 13.1 Å². The lowest BCUT2D eigenvalue weighted by molar-refractivity contribution is 0.278. The second-order valence-electron chi connectivity index (χ2n) is 5.03. The molecule has 2 heterocycles. The van der Waals surface area contributed by atoms with E-state index < -0.39 is 0 Å². The van der Waals surface area contributed by atoms with Crippen molar-refractivity contribution in [3.05, 3.63) is 47.1 Å². The molecule has 1 N–H and O–H groups in total. The molecule has 1 aromatic heterocycles. The normalized spacial score (nSPS) is 16.2. The van der Waals surface area contributed by atoms with E-state index in [-0.39, 0.29) is 0 Å². The average Bonchev–Trinajstić information content (AvgIpc) is 2.97. The topological polar surface area (TPSA) is 39.1 Å². The Morgan fingerprint density at radius 2 is 1.95 bits per heavy atom. The molecular formula is C15H18ClN3O. The molecule has 20 heavy (non-hydrogen) atoms. The van der Waals surface area contributed by atoms with E-state index in [0.717, 1.165) is 36.5 Å². The summed E-state index contributed by atoms with van der Waals surface area (Å²) in [5.41, 5.74) is 1.09. The Labute approximate surface area is 123 Å². The molecule has 3 rings (SSSR count). The van der Waals surface area contributed by atoms with Crippen LogP contribution >= 0.6 is 11.6 Å². The zero-order chi connectivity index (χ0) is 13.8. The first-order chi connectivity index (χ1) is 9.81. The van der Waals surface area contributed by atoms with Gasteiger partial charge in [0.15, 0.2) is 0 Å². The van der Waals surface area contributed by atoms with Gasteiger partial charge in [-0.05, 0) is 43.6 Å². The first kappa shape index (κ1) is 13.5. The van der Waals surface area contributed by atoms with Gasteiger partial charge >= 0.3 is 0 Å². The molecule has 0 aliphatic carbocycles. The molecule has 1 aliphatic rings. The Kier molecular flexibility index (Phi) is 4.23. The second kappa shape index (κ2) is 6.29. The Hall–Kier alpha value is -1.52. The number of halogens is 1. The number of hydrogen-bond donors (Lipinski definition) is 1. The molecule has 1 fully saturated rings. The lowest BCUT2D eigenvalue weighted by Crippen LogP contribution is -2.29. The van der Waals surface area contributed by atoms with Crippen LogP contribution < -0.4 is 10.1 Å². The molecule has 2 aromatic rings. The first-order valence-electron chi connectivity index (χ1n) is 6.94. The van der Waals surface area contributed by atoms with Crippen molar-refractivity contribution >= 4 is 11.6 Å². The van der Waals surface area contributed by atoms with E-state index in [1.54, 1.807) is 0 Å². The van der Waals surface area contributed by atoms with E-state index >= 15 is 0 Å². The summed E-state index contributed by atoms with van der Waals surface area (Å²) < 4.78 is 7.74. The molecular weight excluding hydrogens is 274 g/mol. The van der Waals surface area contributed by atoms with Crippen LogP contribution in [0.25, 0.3) is 0 Å². The van der Waals surface area contributed by atoms with Crippen LogP contribution in [0.2, 0.25) is 5.02 Å². The van der Waals surface area contributed by atoms with Gasteiger partial charge in [-0.25, -0.2) is 0 Å². The van der Waals surface area contributed by atoms with Gasteiger partial charge < -0.3 is 10.1 Å². The van der Waals surface area contributed by atoms with E-state index in [0.29, 0.717) is 18.5 Å². The number of aromatic nitrogens is 2. The maximum absolute atomic E-state index is 5.86. The molecule has 106 valence electrons.